The maximum absolute atomic E-state index is 10.2. The van der Waals surface area contributed by atoms with Crippen LogP contribution >= 0.6 is 27.5 Å². The van der Waals surface area contributed by atoms with Gasteiger partial charge in [-0.05, 0) is 23.8 Å². The number of hydrogen-bond donors (Lipinski definition) is 3. The van der Waals surface area contributed by atoms with Crippen LogP contribution in [-0.4, -0.2) is 36.1 Å². The first kappa shape index (κ1) is 15.2. The lowest BCUT2D eigenvalue weighted by molar-refractivity contribution is 0.0375. The van der Waals surface area contributed by atoms with Gasteiger partial charge in [-0.2, -0.15) is 0 Å². The van der Waals surface area contributed by atoms with Gasteiger partial charge in [0.25, 0.3) is 0 Å². The van der Waals surface area contributed by atoms with Gasteiger partial charge in [0.05, 0.1) is 13.2 Å². The Morgan fingerprint density at radius 3 is 2.83 bits per heavy atom. The van der Waals surface area contributed by atoms with Gasteiger partial charge < -0.3 is 20.3 Å². The molecule has 7 heteroatoms. The molecule has 0 aromatic heterocycles. The molecule has 0 saturated carbocycles. The normalized spacial score (nSPS) is 12.2. The van der Waals surface area contributed by atoms with E-state index in [1.807, 2.05) is 0 Å². The Kier molecular flexibility index (Phi) is 6.42. The van der Waals surface area contributed by atoms with Crippen molar-refractivity contribution in [1.29, 1.82) is 0 Å². The summed E-state index contributed by atoms with van der Waals surface area (Å²) in [6, 6.07) is 5.11. The molecule has 0 radical (unpaired) electrons. The van der Waals surface area contributed by atoms with Crippen molar-refractivity contribution in [2.24, 2.45) is 0 Å². The summed E-state index contributed by atoms with van der Waals surface area (Å²) in [5.41, 5.74) is 0.639. The van der Waals surface area contributed by atoms with E-state index in [4.69, 9.17) is 21.4 Å². The highest BCUT2D eigenvalue weighted by molar-refractivity contribution is 9.10. The summed E-state index contributed by atoms with van der Waals surface area (Å²) in [7, 11) is 0. The average molecular weight is 339 g/mol. The number of carbonyl (C=O) groups is 1. The molecule has 5 nitrogen and oxygen atoms in total. The Bertz CT molecular complexity index is 396. The zero-order valence-electron chi connectivity index (χ0n) is 9.40. The van der Waals surface area contributed by atoms with Gasteiger partial charge >= 0.3 is 6.09 Å². The highest BCUT2D eigenvalue weighted by Crippen LogP contribution is 2.23. The van der Waals surface area contributed by atoms with Crippen LogP contribution in [0.25, 0.3) is 0 Å². The van der Waals surface area contributed by atoms with Crippen molar-refractivity contribution >= 4 is 33.6 Å². The third kappa shape index (κ3) is 5.68. The molecule has 0 spiro atoms. The molecule has 0 bridgehead atoms. The molecular weight excluding hydrogens is 325 g/mol. The van der Waals surface area contributed by atoms with Gasteiger partial charge in [-0.15, -0.1) is 0 Å². The first-order valence-corrected chi connectivity index (χ1v) is 6.34. The lowest BCUT2D eigenvalue weighted by Crippen LogP contribution is -2.25. The van der Waals surface area contributed by atoms with Crippen LogP contribution < -0.4 is 5.32 Å². The van der Waals surface area contributed by atoms with Crippen molar-refractivity contribution < 1.29 is 19.7 Å². The molecule has 0 unspecified atom stereocenters. The predicted octanol–water partition coefficient (Wildman–Crippen LogP) is 2.42. The summed E-state index contributed by atoms with van der Waals surface area (Å²) >= 11 is 9.13. The second kappa shape index (κ2) is 7.58. The lowest BCUT2D eigenvalue weighted by Gasteiger charge is -2.12. The number of ether oxygens (including phenoxy) is 1. The fraction of sp³-hybridized carbons (Fsp3) is 0.364. The molecule has 1 rings (SSSR count). The molecule has 0 heterocycles. The van der Waals surface area contributed by atoms with Crippen LogP contribution in [0.3, 0.4) is 0 Å². The maximum Gasteiger partial charge on any atom is 0.404 e. The zero-order chi connectivity index (χ0) is 13.5. The molecular formula is C11H13BrClNO4. The van der Waals surface area contributed by atoms with Crippen LogP contribution in [0.4, 0.5) is 4.79 Å². The van der Waals surface area contributed by atoms with Crippen molar-refractivity contribution in [3.05, 3.63) is 33.3 Å². The molecule has 100 valence electrons. The molecule has 3 N–H and O–H groups in total. The molecule has 1 atom stereocenters. The van der Waals surface area contributed by atoms with Gasteiger partial charge in [0.1, 0.15) is 6.10 Å². The van der Waals surface area contributed by atoms with E-state index >= 15 is 0 Å². The number of carboxylic acid groups (broad SMARTS) is 1. The van der Waals surface area contributed by atoms with Crippen molar-refractivity contribution in [3.8, 4) is 0 Å². The van der Waals surface area contributed by atoms with E-state index in [9.17, 15) is 9.90 Å². The zero-order valence-corrected chi connectivity index (χ0v) is 11.7. The van der Waals surface area contributed by atoms with E-state index < -0.39 is 12.2 Å². The van der Waals surface area contributed by atoms with Crippen LogP contribution in [0.2, 0.25) is 5.02 Å². The van der Waals surface area contributed by atoms with Crippen molar-refractivity contribution in [3.63, 3.8) is 0 Å². The highest BCUT2D eigenvalue weighted by atomic mass is 79.9. The molecule has 0 aliphatic rings. The van der Waals surface area contributed by atoms with E-state index in [2.05, 4.69) is 21.2 Å². The number of aliphatic hydroxyl groups is 1. The van der Waals surface area contributed by atoms with Gasteiger partial charge in [0.15, 0.2) is 0 Å². The molecule has 0 aliphatic heterocycles. The maximum atomic E-state index is 10.2. The molecule has 1 aromatic rings. The minimum Gasteiger partial charge on any atom is -0.465 e. The number of hydrogen-bond acceptors (Lipinski definition) is 3. The third-order valence-electron chi connectivity index (χ3n) is 2.07. The van der Waals surface area contributed by atoms with E-state index in [0.29, 0.717) is 10.6 Å². The largest absolute Gasteiger partial charge is 0.465 e. The Morgan fingerprint density at radius 2 is 2.22 bits per heavy atom. The van der Waals surface area contributed by atoms with Gasteiger partial charge in [0, 0.05) is 16.0 Å². The topological polar surface area (TPSA) is 78.8 Å². The monoisotopic (exact) mass is 337 g/mol. The predicted molar refractivity (Wildman–Crippen MR) is 71.0 cm³/mol. The second-order valence-electron chi connectivity index (χ2n) is 3.53. The van der Waals surface area contributed by atoms with Crippen molar-refractivity contribution in [2.45, 2.75) is 6.10 Å². The Balaban J connectivity index is 2.36. The average Bonchev–Trinajstić information content (AvgIpc) is 2.26. The summed E-state index contributed by atoms with van der Waals surface area (Å²) in [4.78, 5) is 10.2. The van der Waals surface area contributed by atoms with Crippen LogP contribution in [-0.2, 0) is 4.74 Å². The van der Waals surface area contributed by atoms with Crippen molar-refractivity contribution in [1.82, 2.24) is 5.32 Å². The fourth-order valence-corrected chi connectivity index (χ4v) is 2.18. The lowest BCUT2D eigenvalue weighted by atomic mass is 10.1. The molecule has 1 aromatic carbocycles. The van der Waals surface area contributed by atoms with E-state index in [-0.39, 0.29) is 19.8 Å². The van der Waals surface area contributed by atoms with Gasteiger partial charge in [-0.3, -0.25) is 0 Å². The molecule has 18 heavy (non-hydrogen) atoms. The Labute approximate surface area is 118 Å². The van der Waals surface area contributed by atoms with Crippen LogP contribution in [0, 0.1) is 0 Å². The minimum atomic E-state index is -1.10. The number of halogens is 2. The second-order valence-corrected chi connectivity index (χ2v) is 4.88. The standard InChI is InChI=1S/C11H13BrClNO4/c12-8-3-7(4-9(13)5-8)10(15)6-18-2-1-14-11(16)17/h3-5,10,14-15H,1-2,6H2,(H,16,17)/t10-/m1/s1. The van der Waals surface area contributed by atoms with E-state index in [1.165, 1.54) is 0 Å². The summed E-state index contributed by atoms with van der Waals surface area (Å²) < 4.78 is 5.92. The summed E-state index contributed by atoms with van der Waals surface area (Å²) in [5.74, 6) is 0. The number of benzene rings is 1. The van der Waals surface area contributed by atoms with E-state index in [1.54, 1.807) is 18.2 Å². The number of nitrogens with one attached hydrogen (secondary N) is 1. The Morgan fingerprint density at radius 1 is 1.50 bits per heavy atom. The summed E-state index contributed by atoms with van der Waals surface area (Å²) in [5, 5.41) is 20.8. The first-order valence-electron chi connectivity index (χ1n) is 5.17. The van der Waals surface area contributed by atoms with Gasteiger partial charge in [-0.1, -0.05) is 27.5 Å². The van der Waals surface area contributed by atoms with Gasteiger partial charge in [-0.25, -0.2) is 4.79 Å². The van der Waals surface area contributed by atoms with Crippen LogP contribution in [0.15, 0.2) is 22.7 Å². The molecule has 1 amide bonds. The Hall–Kier alpha value is -0.820. The summed E-state index contributed by atoms with van der Waals surface area (Å²) in [6.45, 7) is 0.459. The first-order chi connectivity index (χ1) is 8.49. The summed E-state index contributed by atoms with van der Waals surface area (Å²) in [6.07, 6.45) is -1.90. The quantitative estimate of drug-likeness (QED) is 0.696. The van der Waals surface area contributed by atoms with E-state index in [0.717, 1.165) is 4.47 Å². The smallest absolute Gasteiger partial charge is 0.404 e. The fourth-order valence-electron chi connectivity index (χ4n) is 1.29. The molecule has 0 aliphatic carbocycles. The highest BCUT2D eigenvalue weighted by Gasteiger charge is 2.09. The van der Waals surface area contributed by atoms with Crippen LogP contribution in [0.1, 0.15) is 11.7 Å². The number of amides is 1. The number of aliphatic hydroxyl groups excluding tert-OH is 1. The minimum absolute atomic E-state index is 0.0775. The van der Waals surface area contributed by atoms with Crippen LogP contribution in [0.5, 0.6) is 0 Å². The third-order valence-corrected chi connectivity index (χ3v) is 2.74. The molecule has 0 fully saturated rings. The SMILES string of the molecule is O=C(O)NCCOC[C@@H](O)c1cc(Cl)cc(Br)c1. The number of rotatable bonds is 6. The van der Waals surface area contributed by atoms with Gasteiger partial charge in [0.2, 0.25) is 0 Å². The molecule has 0 saturated heterocycles. The van der Waals surface area contributed by atoms with Crippen molar-refractivity contribution in [2.75, 3.05) is 19.8 Å².